The number of hydrogen-bond donors (Lipinski definition) is 3. The van der Waals surface area contributed by atoms with Crippen molar-refractivity contribution in [2.75, 3.05) is 0 Å². The number of aromatic nitrogens is 2. The summed E-state index contributed by atoms with van der Waals surface area (Å²) in [6.45, 7) is 5.50. The molecule has 2 unspecified atom stereocenters. The summed E-state index contributed by atoms with van der Waals surface area (Å²) < 4.78 is 1.06. The molecule has 0 aliphatic heterocycles. The van der Waals surface area contributed by atoms with Crippen molar-refractivity contribution in [3.63, 3.8) is 0 Å². The lowest BCUT2D eigenvalue weighted by Gasteiger charge is -2.20. The molecule has 1 heterocycles. The second-order valence-corrected chi connectivity index (χ2v) is 5.91. The number of carbonyl (C=O) groups excluding carboxylic acids is 1. The Bertz CT molecular complexity index is 928. The number of H-pyrrole nitrogens is 1. The van der Waals surface area contributed by atoms with E-state index in [9.17, 15) is 24.3 Å². The van der Waals surface area contributed by atoms with Gasteiger partial charge in [0, 0.05) is 12.1 Å². The molecule has 8 nitrogen and oxygen atoms in total. The fourth-order valence-electron chi connectivity index (χ4n) is 2.59. The van der Waals surface area contributed by atoms with Gasteiger partial charge in [-0.15, -0.1) is 0 Å². The lowest BCUT2D eigenvalue weighted by Crippen LogP contribution is -2.45. The molecule has 0 radical (unpaired) electrons. The van der Waals surface area contributed by atoms with Gasteiger partial charge in [0.15, 0.2) is 0 Å². The van der Waals surface area contributed by atoms with Crippen LogP contribution in [0.3, 0.4) is 0 Å². The van der Waals surface area contributed by atoms with E-state index >= 15 is 0 Å². The maximum absolute atomic E-state index is 12.4. The van der Waals surface area contributed by atoms with E-state index in [0.29, 0.717) is 6.42 Å². The lowest BCUT2D eigenvalue weighted by molar-refractivity contribution is -0.140. The molecule has 0 bridgehead atoms. The Morgan fingerprint density at radius 1 is 1.28 bits per heavy atom. The predicted molar refractivity (Wildman–Crippen MR) is 92.8 cm³/mol. The summed E-state index contributed by atoms with van der Waals surface area (Å²) in [6, 6.07) is 3.25. The number of amides is 1. The average molecular weight is 347 g/mol. The number of fused-ring (bicyclic) bond motifs is 1. The van der Waals surface area contributed by atoms with Gasteiger partial charge in [0.1, 0.15) is 6.04 Å². The zero-order chi connectivity index (χ0) is 18.7. The highest BCUT2D eigenvalue weighted by molar-refractivity contribution is 5.99. The van der Waals surface area contributed by atoms with Crippen LogP contribution in [0.1, 0.15) is 37.6 Å². The van der Waals surface area contributed by atoms with Crippen LogP contribution in [0, 0.1) is 5.92 Å². The summed E-state index contributed by atoms with van der Waals surface area (Å²) >= 11 is 0. The number of nitrogens with one attached hydrogen (secondary N) is 2. The van der Waals surface area contributed by atoms with E-state index < -0.39 is 29.2 Å². The van der Waals surface area contributed by atoms with Gasteiger partial charge in [-0.05, 0) is 31.0 Å². The first-order chi connectivity index (χ1) is 11.8. The molecule has 3 N–H and O–H groups in total. The Balaban J connectivity index is 2.41. The number of nitrogens with zero attached hydrogens (tertiary/aromatic N) is 1. The van der Waals surface area contributed by atoms with Gasteiger partial charge in [-0.2, -0.15) is 0 Å². The third kappa shape index (κ3) is 3.62. The average Bonchev–Trinajstić information content (AvgIpc) is 2.58. The van der Waals surface area contributed by atoms with Crippen LogP contribution in [0.2, 0.25) is 0 Å². The van der Waals surface area contributed by atoms with Gasteiger partial charge in [-0.3, -0.25) is 14.2 Å². The molecule has 134 valence electrons. The second kappa shape index (κ2) is 7.33. The monoisotopic (exact) mass is 347 g/mol. The van der Waals surface area contributed by atoms with Crippen LogP contribution in [0.5, 0.6) is 0 Å². The number of carboxylic acids is 1. The molecule has 0 saturated heterocycles. The van der Waals surface area contributed by atoms with Crippen molar-refractivity contribution < 1.29 is 14.7 Å². The Hall–Kier alpha value is -2.90. The molecule has 0 spiro atoms. The van der Waals surface area contributed by atoms with Gasteiger partial charge in [-0.25, -0.2) is 9.59 Å². The molecule has 8 heteroatoms. The molecule has 0 aliphatic carbocycles. The number of aliphatic carboxylic acids is 1. The van der Waals surface area contributed by atoms with Crippen molar-refractivity contribution in [3.05, 3.63) is 44.6 Å². The molecule has 0 aliphatic rings. The summed E-state index contributed by atoms with van der Waals surface area (Å²) in [5, 5.41) is 12.0. The summed E-state index contributed by atoms with van der Waals surface area (Å²) in [7, 11) is 0. The van der Waals surface area contributed by atoms with Gasteiger partial charge < -0.3 is 15.4 Å². The number of rotatable bonds is 6. The summed E-state index contributed by atoms with van der Waals surface area (Å²) in [5.41, 5.74) is -0.578. The van der Waals surface area contributed by atoms with Crippen LogP contribution >= 0.6 is 0 Å². The third-order valence-electron chi connectivity index (χ3n) is 4.33. The summed E-state index contributed by atoms with van der Waals surface area (Å²) in [4.78, 5) is 50.4. The van der Waals surface area contributed by atoms with E-state index in [0.717, 1.165) is 4.57 Å². The van der Waals surface area contributed by atoms with Crippen molar-refractivity contribution in [1.82, 2.24) is 14.9 Å². The molecular formula is C17H21N3O5. The second-order valence-electron chi connectivity index (χ2n) is 5.91. The highest BCUT2D eigenvalue weighted by Gasteiger charge is 2.25. The van der Waals surface area contributed by atoms with Gasteiger partial charge >= 0.3 is 11.7 Å². The first-order valence-corrected chi connectivity index (χ1v) is 8.10. The molecule has 0 saturated carbocycles. The maximum atomic E-state index is 12.4. The van der Waals surface area contributed by atoms with Gasteiger partial charge in [0.25, 0.3) is 11.5 Å². The summed E-state index contributed by atoms with van der Waals surface area (Å²) in [6.07, 6.45) is 0.596. The molecule has 2 aromatic rings. The number of carbonyl (C=O) groups is 2. The quantitative estimate of drug-likeness (QED) is 0.718. The van der Waals surface area contributed by atoms with E-state index in [1.807, 2.05) is 6.92 Å². The molecule has 1 aromatic heterocycles. The zero-order valence-electron chi connectivity index (χ0n) is 14.3. The normalized spacial score (nSPS) is 13.4. The van der Waals surface area contributed by atoms with E-state index in [2.05, 4.69) is 10.3 Å². The van der Waals surface area contributed by atoms with Crippen LogP contribution in [0.15, 0.2) is 27.8 Å². The largest absolute Gasteiger partial charge is 0.480 e. The molecule has 1 amide bonds. The number of benzene rings is 1. The third-order valence-corrected chi connectivity index (χ3v) is 4.33. The molecule has 2 rings (SSSR count). The fraction of sp³-hybridized carbons (Fsp3) is 0.412. The topological polar surface area (TPSA) is 121 Å². The molecule has 2 atom stereocenters. The van der Waals surface area contributed by atoms with Crippen LogP contribution < -0.4 is 16.6 Å². The van der Waals surface area contributed by atoms with Gasteiger partial charge in [-0.1, -0.05) is 20.3 Å². The maximum Gasteiger partial charge on any atom is 0.328 e. The Kier molecular flexibility index (Phi) is 5.41. The summed E-state index contributed by atoms with van der Waals surface area (Å²) in [5.74, 6) is -1.92. The standard InChI is InChI=1S/C17H21N3O5/c1-4-9(3)13(16(23)24)19-14(21)10-6-7-11-12(8-10)18-17(25)20(5-2)15(11)22/h6-9,13H,4-5H2,1-3H3,(H,18,25)(H,19,21)(H,23,24). The first kappa shape index (κ1) is 18.4. The van der Waals surface area contributed by atoms with Crippen LogP contribution in [-0.2, 0) is 11.3 Å². The molecule has 25 heavy (non-hydrogen) atoms. The van der Waals surface area contributed by atoms with E-state index in [1.54, 1.807) is 13.8 Å². The SMILES string of the molecule is CCC(C)C(NC(=O)c1ccc2c(=O)n(CC)c(=O)[nH]c2c1)C(=O)O. The fourth-order valence-corrected chi connectivity index (χ4v) is 2.59. The lowest BCUT2D eigenvalue weighted by atomic mass is 9.99. The number of aromatic amines is 1. The van der Waals surface area contributed by atoms with Crippen molar-refractivity contribution in [2.24, 2.45) is 5.92 Å². The Labute approximate surface area is 143 Å². The van der Waals surface area contributed by atoms with Crippen LogP contribution in [0.25, 0.3) is 10.9 Å². The van der Waals surface area contributed by atoms with Gasteiger partial charge in [0.2, 0.25) is 0 Å². The van der Waals surface area contributed by atoms with E-state index in [-0.39, 0.29) is 28.9 Å². The van der Waals surface area contributed by atoms with Gasteiger partial charge in [0.05, 0.1) is 10.9 Å². The van der Waals surface area contributed by atoms with E-state index in [4.69, 9.17) is 0 Å². The minimum atomic E-state index is -1.11. The van der Waals surface area contributed by atoms with Crippen molar-refractivity contribution in [1.29, 1.82) is 0 Å². The minimum Gasteiger partial charge on any atom is -0.480 e. The van der Waals surface area contributed by atoms with E-state index in [1.165, 1.54) is 18.2 Å². The number of hydrogen-bond acceptors (Lipinski definition) is 4. The highest BCUT2D eigenvalue weighted by atomic mass is 16.4. The van der Waals surface area contributed by atoms with Crippen LogP contribution in [0.4, 0.5) is 0 Å². The van der Waals surface area contributed by atoms with Crippen molar-refractivity contribution in [3.8, 4) is 0 Å². The van der Waals surface area contributed by atoms with Crippen molar-refractivity contribution >= 4 is 22.8 Å². The Morgan fingerprint density at radius 2 is 1.96 bits per heavy atom. The smallest absolute Gasteiger partial charge is 0.328 e. The Morgan fingerprint density at radius 3 is 2.52 bits per heavy atom. The highest BCUT2D eigenvalue weighted by Crippen LogP contribution is 2.12. The first-order valence-electron chi connectivity index (χ1n) is 8.10. The molecule has 0 fully saturated rings. The van der Waals surface area contributed by atoms with Crippen molar-refractivity contribution in [2.45, 2.75) is 39.8 Å². The number of carboxylic acid groups (broad SMARTS) is 1. The predicted octanol–water partition coefficient (Wildman–Crippen LogP) is 0.939. The zero-order valence-corrected chi connectivity index (χ0v) is 14.3. The minimum absolute atomic E-state index is 0.173. The molecule has 1 aromatic carbocycles. The van der Waals surface area contributed by atoms with Crippen LogP contribution in [-0.4, -0.2) is 32.6 Å². The molecular weight excluding hydrogens is 326 g/mol.